The van der Waals surface area contributed by atoms with Crippen molar-refractivity contribution in [3.8, 4) is 0 Å². The lowest BCUT2D eigenvalue weighted by atomic mass is 9.90. The lowest BCUT2D eigenvalue weighted by molar-refractivity contribution is -0.122. The van der Waals surface area contributed by atoms with Crippen LogP contribution in [0.2, 0.25) is 0 Å². The third kappa shape index (κ3) is 5.56. The number of nitrogens with one attached hydrogen (secondary N) is 3. The molecule has 3 N–H and O–H groups in total. The van der Waals surface area contributed by atoms with Gasteiger partial charge in [0.2, 0.25) is 5.91 Å². The molecule has 2 rings (SSSR count). The molecule has 1 atom stereocenters. The van der Waals surface area contributed by atoms with E-state index in [0.717, 1.165) is 53.2 Å². The highest BCUT2D eigenvalue weighted by Gasteiger charge is 2.24. The maximum Gasteiger partial charge on any atom is 0.240 e. The summed E-state index contributed by atoms with van der Waals surface area (Å²) in [5, 5.41) is 11.0. The predicted molar refractivity (Wildman–Crippen MR) is 110 cm³/mol. The molecule has 0 spiro atoms. The molecule has 6 nitrogen and oxygen atoms in total. The first-order valence-corrected chi connectivity index (χ1v) is 10.1. The molecule has 0 bridgehead atoms. The van der Waals surface area contributed by atoms with E-state index in [1.54, 1.807) is 0 Å². The first-order chi connectivity index (χ1) is 12.6. The van der Waals surface area contributed by atoms with Crippen LogP contribution in [0.3, 0.4) is 0 Å². The molecular formula is C19H28BrN5O. The average molecular weight is 422 g/mol. The van der Waals surface area contributed by atoms with Gasteiger partial charge in [0.05, 0.1) is 5.71 Å². The van der Waals surface area contributed by atoms with Gasteiger partial charge in [-0.25, -0.2) is 5.43 Å². The van der Waals surface area contributed by atoms with Crippen LogP contribution in [0, 0.1) is 5.92 Å². The summed E-state index contributed by atoms with van der Waals surface area (Å²) in [6.45, 7) is 8.56. The van der Waals surface area contributed by atoms with Crippen molar-refractivity contribution in [2.24, 2.45) is 16.0 Å². The monoisotopic (exact) mass is 421 g/mol. The minimum atomic E-state index is -0.0113. The number of hydrogen-bond donors (Lipinski definition) is 3. The van der Waals surface area contributed by atoms with Crippen molar-refractivity contribution in [2.45, 2.75) is 46.6 Å². The zero-order valence-electron chi connectivity index (χ0n) is 15.7. The molecule has 1 aromatic rings. The Morgan fingerprint density at radius 1 is 1.35 bits per heavy atom. The molecule has 1 amide bonds. The van der Waals surface area contributed by atoms with Crippen molar-refractivity contribution in [1.82, 2.24) is 16.1 Å². The molecule has 1 aromatic carbocycles. The molecular weight excluding hydrogens is 394 g/mol. The van der Waals surface area contributed by atoms with Crippen molar-refractivity contribution in [3.63, 3.8) is 0 Å². The molecule has 7 heteroatoms. The van der Waals surface area contributed by atoms with E-state index in [4.69, 9.17) is 0 Å². The highest BCUT2D eigenvalue weighted by molar-refractivity contribution is 9.10. The molecule has 26 heavy (non-hydrogen) atoms. The van der Waals surface area contributed by atoms with Crippen LogP contribution >= 0.6 is 15.9 Å². The first kappa shape index (κ1) is 20.4. The lowest BCUT2D eigenvalue weighted by Crippen LogP contribution is -2.37. The Balaban J connectivity index is 2.09. The van der Waals surface area contributed by atoms with Gasteiger partial charge in [0.1, 0.15) is 0 Å². The van der Waals surface area contributed by atoms with Crippen LogP contribution < -0.4 is 16.1 Å². The predicted octanol–water partition coefficient (Wildman–Crippen LogP) is 3.16. The summed E-state index contributed by atoms with van der Waals surface area (Å²) in [5.41, 5.74) is 5.73. The fourth-order valence-corrected chi connectivity index (χ4v) is 3.34. The number of carbonyl (C=O) groups excluding carboxylic acids is 1. The highest BCUT2D eigenvalue weighted by Crippen LogP contribution is 2.24. The fourth-order valence-electron chi connectivity index (χ4n) is 2.82. The normalized spacial score (nSPS) is 17.5. The Morgan fingerprint density at radius 2 is 2.15 bits per heavy atom. The third-order valence-corrected chi connectivity index (χ3v) is 5.00. The molecule has 0 aliphatic carbocycles. The van der Waals surface area contributed by atoms with Gasteiger partial charge in [0.15, 0.2) is 5.96 Å². The van der Waals surface area contributed by atoms with Crippen molar-refractivity contribution in [3.05, 3.63) is 33.8 Å². The van der Waals surface area contributed by atoms with E-state index in [1.165, 1.54) is 0 Å². The zero-order valence-corrected chi connectivity index (χ0v) is 17.3. The van der Waals surface area contributed by atoms with Gasteiger partial charge in [0, 0.05) is 36.4 Å². The van der Waals surface area contributed by atoms with E-state index in [0.29, 0.717) is 13.0 Å². The van der Waals surface area contributed by atoms with E-state index in [-0.39, 0.29) is 11.8 Å². The number of guanidine groups is 1. The van der Waals surface area contributed by atoms with Crippen LogP contribution in [0.1, 0.15) is 51.2 Å². The standard InChI is InChI=1S/C19H28BrN5O/c1-4-9-22-19(21-6-3)23-12-15-8-7-14(10-16(15)20)18-13(5-2)11-17(26)24-25-18/h7-8,10,13H,4-6,9,11-12H2,1-3H3,(H,24,26)(H2,21,22,23). The average Bonchev–Trinajstić information content (AvgIpc) is 2.64. The Labute approximate surface area is 164 Å². The van der Waals surface area contributed by atoms with Crippen LogP contribution in [-0.2, 0) is 11.3 Å². The fraction of sp³-hybridized carbons (Fsp3) is 0.526. The molecule has 0 radical (unpaired) electrons. The maximum atomic E-state index is 11.6. The highest BCUT2D eigenvalue weighted by atomic mass is 79.9. The Morgan fingerprint density at radius 3 is 2.81 bits per heavy atom. The molecule has 0 saturated heterocycles. The van der Waals surface area contributed by atoms with Crippen LogP contribution in [0.5, 0.6) is 0 Å². The summed E-state index contributed by atoms with van der Waals surface area (Å²) in [5.74, 6) is 0.986. The van der Waals surface area contributed by atoms with Crippen molar-refractivity contribution >= 4 is 33.5 Å². The first-order valence-electron chi connectivity index (χ1n) is 9.26. The summed E-state index contributed by atoms with van der Waals surface area (Å²) in [6, 6.07) is 6.23. The second-order valence-electron chi connectivity index (χ2n) is 6.25. The summed E-state index contributed by atoms with van der Waals surface area (Å²) >= 11 is 3.67. The van der Waals surface area contributed by atoms with Gasteiger partial charge < -0.3 is 10.6 Å². The Hall–Kier alpha value is -1.89. The zero-order chi connectivity index (χ0) is 18.9. The lowest BCUT2D eigenvalue weighted by Gasteiger charge is -2.22. The van der Waals surface area contributed by atoms with Crippen LogP contribution in [-0.4, -0.2) is 30.7 Å². The summed E-state index contributed by atoms with van der Waals surface area (Å²) in [6.07, 6.45) is 2.45. The molecule has 1 aliphatic rings. The van der Waals surface area contributed by atoms with E-state index in [1.807, 2.05) is 6.92 Å². The van der Waals surface area contributed by atoms with Gasteiger partial charge in [-0.05, 0) is 37.0 Å². The van der Waals surface area contributed by atoms with Crippen molar-refractivity contribution in [2.75, 3.05) is 13.1 Å². The number of amides is 1. The number of benzene rings is 1. The molecule has 0 fully saturated rings. The summed E-state index contributed by atoms with van der Waals surface area (Å²) in [7, 11) is 0. The molecule has 0 saturated carbocycles. The summed E-state index contributed by atoms with van der Waals surface area (Å²) < 4.78 is 1.02. The van der Waals surface area contributed by atoms with Gasteiger partial charge in [0.25, 0.3) is 0 Å². The van der Waals surface area contributed by atoms with Gasteiger partial charge in [-0.1, -0.05) is 41.9 Å². The molecule has 142 valence electrons. The van der Waals surface area contributed by atoms with E-state index < -0.39 is 0 Å². The van der Waals surface area contributed by atoms with Crippen LogP contribution in [0.15, 0.2) is 32.8 Å². The SMILES string of the molecule is CCCNC(=NCC)NCc1ccc(C2=NNC(=O)CC2CC)cc1Br. The second-order valence-corrected chi connectivity index (χ2v) is 7.11. The number of hydrazone groups is 1. The molecule has 1 heterocycles. The van der Waals surface area contributed by atoms with Gasteiger partial charge in [-0.2, -0.15) is 5.10 Å². The second kappa shape index (κ2) is 10.3. The Kier molecular flexibility index (Phi) is 8.09. The summed E-state index contributed by atoms with van der Waals surface area (Å²) in [4.78, 5) is 16.0. The molecule has 1 aliphatic heterocycles. The van der Waals surface area contributed by atoms with Crippen molar-refractivity contribution < 1.29 is 4.79 Å². The number of halogens is 1. The van der Waals surface area contributed by atoms with E-state index >= 15 is 0 Å². The van der Waals surface area contributed by atoms with E-state index in [9.17, 15) is 4.79 Å². The minimum Gasteiger partial charge on any atom is -0.356 e. The van der Waals surface area contributed by atoms with Gasteiger partial charge in [-0.15, -0.1) is 0 Å². The number of rotatable bonds is 7. The number of hydrogen-bond acceptors (Lipinski definition) is 3. The maximum absolute atomic E-state index is 11.6. The number of carbonyl (C=O) groups is 1. The molecule has 1 unspecified atom stereocenters. The topological polar surface area (TPSA) is 77.9 Å². The minimum absolute atomic E-state index is 0.0113. The Bertz CT molecular complexity index is 687. The molecule has 0 aromatic heterocycles. The smallest absolute Gasteiger partial charge is 0.240 e. The van der Waals surface area contributed by atoms with Crippen LogP contribution in [0.4, 0.5) is 0 Å². The quantitative estimate of drug-likeness (QED) is 0.467. The van der Waals surface area contributed by atoms with Crippen LogP contribution in [0.25, 0.3) is 0 Å². The van der Waals surface area contributed by atoms with Crippen molar-refractivity contribution in [1.29, 1.82) is 0 Å². The van der Waals surface area contributed by atoms with Gasteiger partial charge in [-0.3, -0.25) is 9.79 Å². The number of aliphatic imine (C=N–C) groups is 1. The number of nitrogens with zero attached hydrogens (tertiary/aromatic N) is 2. The van der Waals surface area contributed by atoms with Gasteiger partial charge >= 0.3 is 0 Å². The largest absolute Gasteiger partial charge is 0.356 e. The van der Waals surface area contributed by atoms with E-state index in [2.05, 4.69) is 74.1 Å². The third-order valence-electron chi connectivity index (χ3n) is 4.27.